The van der Waals surface area contributed by atoms with E-state index >= 15 is 0 Å². The Balaban J connectivity index is 1.65. The van der Waals surface area contributed by atoms with E-state index < -0.39 is 5.91 Å². The van der Waals surface area contributed by atoms with Crippen molar-refractivity contribution in [1.82, 2.24) is 4.90 Å². The summed E-state index contributed by atoms with van der Waals surface area (Å²) in [6.45, 7) is 2.34. The molecule has 1 aliphatic rings. The van der Waals surface area contributed by atoms with E-state index in [4.69, 9.17) is 10.5 Å². The highest BCUT2D eigenvalue weighted by Gasteiger charge is 2.32. The van der Waals surface area contributed by atoms with Crippen LogP contribution in [-0.2, 0) is 11.3 Å². The van der Waals surface area contributed by atoms with Gasteiger partial charge in [0, 0.05) is 12.2 Å². The fourth-order valence-corrected chi connectivity index (χ4v) is 3.51. The van der Waals surface area contributed by atoms with Gasteiger partial charge in [-0.25, -0.2) is 0 Å². The van der Waals surface area contributed by atoms with Crippen LogP contribution in [0.3, 0.4) is 0 Å². The molecule has 6 heteroatoms. The molecule has 2 amide bonds. The van der Waals surface area contributed by atoms with E-state index in [-0.39, 0.29) is 18.7 Å². The number of primary amides is 1. The molecule has 0 radical (unpaired) electrons. The largest absolute Gasteiger partial charge is 0.484 e. The van der Waals surface area contributed by atoms with Gasteiger partial charge in [-0.2, -0.15) is 0 Å². The molecular formula is C24H23N3O3. The van der Waals surface area contributed by atoms with Crippen molar-refractivity contribution in [2.75, 3.05) is 11.9 Å². The molecule has 0 aliphatic carbocycles. The molecule has 0 aromatic heterocycles. The van der Waals surface area contributed by atoms with Gasteiger partial charge in [0.1, 0.15) is 11.9 Å². The van der Waals surface area contributed by atoms with Crippen LogP contribution < -0.4 is 15.8 Å². The van der Waals surface area contributed by atoms with Crippen LogP contribution >= 0.6 is 0 Å². The summed E-state index contributed by atoms with van der Waals surface area (Å²) in [7, 11) is 0. The second kappa shape index (κ2) is 8.29. The Bertz CT molecular complexity index is 1060. The number of carbonyl (C=O) groups excluding carboxylic acids is 2. The third-order valence-electron chi connectivity index (χ3n) is 5.07. The van der Waals surface area contributed by atoms with Crippen LogP contribution in [0.2, 0.25) is 0 Å². The summed E-state index contributed by atoms with van der Waals surface area (Å²) in [5, 5.41) is 3.49. The van der Waals surface area contributed by atoms with Gasteiger partial charge >= 0.3 is 0 Å². The first-order valence-electron chi connectivity index (χ1n) is 9.74. The molecule has 1 heterocycles. The SMILES string of the molecule is Cc1ccc(CN2C(=O)c3ccccc3NC2c2ccc(OCC(N)=O)cc2)cc1. The van der Waals surface area contributed by atoms with Gasteiger partial charge in [-0.1, -0.05) is 54.1 Å². The molecule has 0 spiro atoms. The highest BCUT2D eigenvalue weighted by molar-refractivity contribution is 6.01. The van der Waals surface area contributed by atoms with Crippen LogP contribution in [0.25, 0.3) is 0 Å². The summed E-state index contributed by atoms with van der Waals surface area (Å²) in [6, 6.07) is 23.0. The van der Waals surface area contributed by atoms with Gasteiger partial charge in [-0.05, 0) is 42.3 Å². The van der Waals surface area contributed by atoms with Crippen molar-refractivity contribution in [3.63, 3.8) is 0 Å². The summed E-state index contributed by atoms with van der Waals surface area (Å²) < 4.78 is 5.35. The van der Waals surface area contributed by atoms with Crippen LogP contribution in [0.15, 0.2) is 72.8 Å². The minimum absolute atomic E-state index is 0.0241. The van der Waals surface area contributed by atoms with Gasteiger partial charge in [0.25, 0.3) is 11.8 Å². The number of hydrogen-bond acceptors (Lipinski definition) is 4. The van der Waals surface area contributed by atoms with Gasteiger partial charge in [-0.15, -0.1) is 0 Å². The maximum atomic E-state index is 13.3. The van der Waals surface area contributed by atoms with Gasteiger partial charge in [0.2, 0.25) is 0 Å². The van der Waals surface area contributed by atoms with E-state index in [2.05, 4.69) is 5.32 Å². The Labute approximate surface area is 175 Å². The van der Waals surface area contributed by atoms with Crippen molar-refractivity contribution in [2.45, 2.75) is 19.6 Å². The summed E-state index contributed by atoms with van der Waals surface area (Å²) in [5.74, 6) is -0.00588. The van der Waals surface area contributed by atoms with Crippen LogP contribution in [-0.4, -0.2) is 23.3 Å². The second-order valence-corrected chi connectivity index (χ2v) is 7.34. The predicted octanol–water partition coefficient (Wildman–Crippen LogP) is 3.63. The number of benzene rings is 3. The molecule has 4 rings (SSSR count). The standard InChI is InChI=1S/C24H23N3O3/c1-16-6-8-17(9-7-16)14-27-23(26-21-5-3-2-4-20(21)24(27)29)18-10-12-19(13-11-18)30-15-22(25)28/h2-13,23,26H,14-15H2,1H3,(H2,25,28). The minimum atomic E-state index is -0.528. The molecule has 3 aromatic rings. The zero-order valence-corrected chi connectivity index (χ0v) is 16.7. The quantitative estimate of drug-likeness (QED) is 0.661. The molecule has 1 aliphatic heterocycles. The fourth-order valence-electron chi connectivity index (χ4n) is 3.51. The topological polar surface area (TPSA) is 84.7 Å². The first-order valence-corrected chi connectivity index (χ1v) is 9.74. The Morgan fingerprint density at radius 1 is 1.03 bits per heavy atom. The summed E-state index contributed by atoms with van der Waals surface area (Å²) in [4.78, 5) is 26.1. The van der Waals surface area contributed by atoms with E-state index in [9.17, 15) is 9.59 Å². The van der Waals surface area contributed by atoms with E-state index in [1.807, 2.05) is 72.5 Å². The number of nitrogens with one attached hydrogen (secondary N) is 1. The van der Waals surface area contributed by atoms with Crippen molar-refractivity contribution in [3.05, 3.63) is 95.1 Å². The molecular weight excluding hydrogens is 378 g/mol. The highest BCUT2D eigenvalue weighted by Crippen LogP contribution is 2.34. The molecule has 0 saturated carbocycles. The molecule has 30 heavy (non-hydrogen) atoms. The first-order chi connectivity index (χ1) is 14.5. The number of aryl methyl sites for hydroxylation is 1. The van der Waals surface area contributed by atoms with Crippen molar-refractivity contribution in [3.8, 4) is 5.75 Å². The third kappa shape index (κ3) is 4.12. The van der Waals surface area contributed by atoms with Crippen molar-refractivity contribution in [2.24, 2.45) is 5.73 Å². The number of anilines is 1. The van der Waals surface area contributed by atoms with Crippen LogP contribution in [0.1, 0.15) is 33.2 Å². The normalized spacial score (nSPS) is 15.3. The lowest BCUT2D eigenvalue weighted by Gasteiger charge is -2.38. The summed E-state index contributed by atoms with van der Waals surface area (Å²) in [6.07, 6.45) is -0.334. The molecule has 6 nitrogen and oxygen atoms in total. The van der Waals surface area contributed by atoms with Gasteiger partial charge in [0.05, 0.1) is 5.56 Å². The maximum Gasteiger partial charge on any atom is 0.258 e. The molecule has 0 bridgehead atoms. The van der Waals surface area contributed by atoms with E-state index in [1.54, 1.807) is 12.1 Å². The number of para-hydroxylation sites is 1. The van der Waals surface area contributed by atoms with Gasteiger partial charge in [0.15, 0.2) is 6.61 Å². The molecule has 3 aromatic carbocycles. The Morgan fingerprint density at radius 2 is 1.73 bits per heavy atom. The Morgan fingerprint density at radius 3 is 2.43 bits per heavy atom. The number of carbonyl (C=O) groups is 2. The van der Waals surface area contributed by atoms with Crippen LogP contribution in [0, 0.1) is 6.92 Å². The third-order valence-corrected chi connectivity index (χ3v) is 5.07. The van der Waals surface area contributed by atoms with Crippen LogP contribution in [0.5, 0.6) is 5.75 Å². The Hall–Kier alpha value is -3.80. The average Bonchev–Trinajstić information content (AvgIpc) is 2.76. The molecule has 3 N–H and O–H groups in total. The number of amides is 2. The lowest BCUT2D eigenvalue weighted by Crippen LogP contribution is -2.42. The van der Waals surface area contributed by atoms with E-state index in [1.165, 1.54) is 5.56 Å². The van der Waals surface area contributed by atoms with Crippen molar-refractivity contribution in [1.29, 1.82) is 0 Å². The molecule has 1 atom stereocenters. The first kappa shape index (κ1) is 19.5. The second-order valence-electron chi connectivity index (χ2n) is 7.34. The molecule has 152 valence electrons. The average molecular weight is 401 g/mol. The minimum Gasteiger partial charge on any atom is -0.484 e. The van der Waals surface area contributed by atoms with Gasteiger partial charge in [-0.3, -0.25) is 9.59 Å². The van der Waals surface area contributed by atoms with E-state index in [0.29, 0.717) is 17.9 Å². The smallest absolute Gasteiger partial charge is 0.258 e. The molecule has 1 unspecified atom stereocenters. The number of rotatable bonds is 6. The van der Waals surface area contributed by atoms with Gasteiger partial charge < -0.3 is 20.7 Å². The number of nitrogens with zero attached hydrogens (tertiary/aromatic N) is 1. The molecule has 0 fully saturated rings. The van der Waals surface area contributed by atoms with Crippen molar-refractivity contribution < 1.29 is 14.3 Å². The zero-order valence-electron chi connectivity index (χ0n) is 16.7. The Kier molecular flexibility index (Phi) is 5.39. The predicted molar refractivity (Wildman–Crippen MR) is 115 cm³/mol. The molecule has 0 saturated heterocycles. The lowest BCUT2D eigenvalue weighted by atomic mass is 10.0. The lowest BCUT2D eigenvalue weighted by molar-refractivity contribution is -0.119. The number of fused-ring (bicyclic) bond motifs is 1. The summed E-state index contributed by atoms with van der Waals surface area (Å²) >= 11 is 0. The maximum absolute atomic E-state index is 13.3. The zero-order chi connectivity index (χ0) is 21.1. The monoisotopic (exact) mass is 401 g/mol. The fraction of sp³-hybridized carbons (Fsp3) is 0.167. The number of ether oxygens (including phenoxy) is 1. The van der Waals surface area contributed by atoms with Crippen molar-refractivity contribution >= 4 is 17.5 Å². The number of hydrogen-bond donors (Lipinski definition) is 2. The van der Waals surface area contributed by atoms with E-state index in [0.717, 1.165) is 16.8 Å². The van der Waals surface area contributed by atoms with Crippen LogP contribution in [0.4, 0.5) is 5.69 Å². The number of nitrogens with two attached hydrogens (primary N) is 1. The highest BCUT2D eigenvalue weighted by atomic mass is 16.5. The summed E-state index contributed by atoms with van der Waals surface area (Å²) in [5.41, 5.74) is 9.74.